The zero-order valence-corrected chi connectivity index (χ0v) is 17.3. The zero-order valence-electron chi connectivity index (χ0n) is 14.9. The molecule has 0 saturated carbocycles. The highest BCUT2D eigenvalue weighted by Gasteiger charge is 2.16. The normalized spacial score (nSPS) is 10.7. The van der Waals surface area contributed by atoms with Crippen LogP contribution in [0.4, 0.5) is 5.69 Å². The summed E-state index contributed by atoms with van der Waals surface area (Å²) in [5.74, 6) is 2.32. The first kappa shape index (κ1) is 19.3. The van der Waals surface area contributed by atoms with Gasteiger partial charge >= 0.3 is 0 Å². The number of halogens is 1. The summed E-state index contributed by atoms with van der Waals surface area (Å²) in [5, 5.41) is 11.7. The molecule has 0 radical (unpaired) electrons. The van der Waals surface area contributed by atoms with Gasteiger partial charge in [-0.2, -0.15) is 0 Å². The summed E-state index contributed by atoms with van der Waals surface area (Å²) in [5.41, 5.74) is 0.543. The number of carbonyl (C=O) groups excluding carboxylic acids is 1. The second kappa shape index (κ2) is 8.49. The lowest BCUT2D eigenvalue weighted by Crippen LogP contribution is -2.15. The van der Waals surface area contributed by atoms with Gasteiger partial charge in [-0.25, -0.2) is 0 Å². The molecule has 1 aromatic carbocycles. The van der Waals surface area contributed by atoms with Gasteiger partial charge in [-0.15, -0.1) is 10.2 Å². The van der Waals surface area contributed by atoms with E-state index in [4.69, 9.17) is 13.9 Å². The van der Waals surface area contributed by atoms with E-state index in [0.717, 1.165) is 0 Å². The maximum absolute atomic E-state index is 12.3. The third-order valence-electron chi connectivity index (χ3n) is 3.64. The molecule has 0 fully saturated rings. The lowest BCUT2D eigenvalue weighted by molar-refractivity contribution is -0.113. The third kappa shape index (κ3) is 4.45. The Labute approximate surface area is 168 Å². The van der Waals surface area contributed by atoms with E-state index >= 15 is 0 Å². The summed E-state index contributed by atoms with van der Waals surface area (Å²) < 4.78 is 18.3. The number of ether oxygens (including phenoxy) is 2. The van der Waals surface area contributed by atoms with Crippen molar-refractivity contribution >= 4 is 39.3 Å². The number of thioether (sulfide) groups is 1. The number of nitrogens with one attached hydrogen (secondary N) is 1. The van der Waals surface area contributed by atoms with Gasteiger partial charge in [0.05, 0.1) is 25.7 Å². The summed E-state index contributed by atoms with van der Waals surface area (Å²) in [4.78, 5) is 12.3. The second-order valence-electron chi connectivity index (χ2n) is 5.37. The minimum Gasteiger partial charge on any atom is -0.497 e. The number of nitrogens with zero attached hydrogens (tertiary/aromatic N) is 3. The Morgan fingerprint density at radius 3 is 2.74 bits per heavy atom. The number of methoxy groups -OCH3 is 2. The summed E-state index contributed by atoms with van der Waals surface area (Å²) in [6, 6.07) is 8.78. The topological polar surface area (TPSA) is 91.4 Å². The van der Waals surface area contributed by atoms with Crippen LogP contribution in [-0.4, -0.2) is 40.6 Å². The fraction of sp³-hybridized carbons (Fsp3) is 0.235. The van der Waals surface area contributed by atoms with Crippen molar-refractivity contribution in [2.75, 3.05) is 25.3 Å². The summed E-state index contributed by atoms with van der Waals surface area (Å²) >= 11 is 4.53. The van der Waals surface area contributed by atoms with Crippen molar-refractivity contribution in [1.29, 1.82) is 0 Å². The van der Waals surface area contributed by atoms with E-state index in [2.05, 4.69) is 31.4 Å². The monoisotopic (exact) mass is 452 g/mol. The Morgan fingerprint density at radius 1 is 1.26 bits per heavy atom. The Balaban J connectivity index is 1.66. The Hall–Kier alpha value is -2.46. The molecule has 8 nitrogen and oxygen atoms in total. The van der Waals surface area contributed by atoms with E-state index in [1.54, 1.807) is 49.1 Å². The molecule has 3 rings (SSSR count). The first-order chi connectivity index (χ1) is 13.0. The fourth-order valence-electron chi connectivity index (χ4n) is 2.32. The van der Waals surface area contributed by atoms with Gasteiger partial charge in [-0.3, -0.25) is 4.79 Å². The quantitative estimate of drug-likeness (QED) is 0.547. The van der Waals surface area contributed by atoms with Gasteiger partial charge in [0.25, 0.3) is 0 Å². The number of hydrogen-bond donors (Lipinski definition) is 1. The summed E-state index contributed by atoms with van der Waals surface area (Å²) in [6.45, 7) is 0. The average Bonchev–Trinajstić information content (AvgIpc) is 3.25. The minimum absolute atomic E-state index is 0.161. The highest BCUT2D eigenvalue weighted by molar-refractivity contribution is 9.10. The number of amides is 1. The molecule has 0 saturated heterocycles. The van der Waals surface area contributed by atoms with Crippen LogP contribution >= 0.6 is 27.7 Å². The number of aromatic nitrogens is 3. The number of anilines is 1. The van der Waals surface area contributed by atoms with Crippen LogP contribution in [0.1, 0.15) is 0 Å². The van der Waals surface area contributed by atoms with Crippen LogP contribution in [0.5, 0.6) is 11.5 Å². The highest BCUT2D eigenvalue weighted by Crippen LogP contribution is 2.30. The molecular weight excluding hydrogens is 436 g/mol. The maximum atomic E-state index is 12.3. The van der Waals surface area contributed by atoms with Crippen molar-refractivity contribution < 1.29 is 18.7 Å². The lowest BCUT2D eigenvalue weighted by atomic mass is 10.2. The van der Waals surface area contributed by atoms with Crippen LogP contribution in [0, 0.1) is 0 Å². The van der Waals surface area contributed by atoms with Crippen LogP contribution in [0.25, 0.3) is 11.6 Å². The Kier molecular flexibility index (Phi) is 6.07. The van der Waals surface area contributed by atoms with E-state index in [0.29, 0.717) is 38.6 Å². The highest BCUT2D eigenvalue weighted by atomic mass is 79.9. The van der Waals surface area contributed by atoms with Gasteiger partial charge in [0.1, 0.15) is 11.5 Å². The second-order valence-corrected chi connectivity index (χ2v) is 7.10. The number of benzene rings is 1. The lowest BCUT2D eigenvalue weighted by Gasteiger charge is -2.11. The van der Waals surface area contributed by atoms with Crippen molar-refractivity contribution in [2.24, 2.45) is 7.05 Å². The molecule has 142 valence electrons. The molecule has 0 spiro atoms. The standard InChI is InChI=1S/C17H17BrN4O4S/c1-22-16(13-6-7-14(18)26-13)20-21-17(22)27-9-15(23)19-11-8-10(24-2)4-5-12(11)25-3/h4-8H,9H2,1-3H3,(H,19,23). The van der Waals surface area contributed by atoms with Crippen molar-refractivity contribution in [3.63, 3.8) is 0 Å². The van der Waals surface area contributed by atoms with Gasteiger partial charge in [-0.1, -0.05) is 11.8 Å². The van der Waals surface area contributed by atoms with E-state index < -0.39 is 0 Å². The molecule has 27 heavy (non-hydrogen) atoms. The molecular formula is C17H17BrN4O4S. The van der Waals surface area contributed by atoms with E-state index in [-0.39, 0.29) is 11.7 Å². The molecule has 3 aromatic rings. The average molecular weight is 453 g/mol. The molecule has 1 N–H and O–H groups in total. The van der Waals surface area contributed by atoms with Gasteiger partial charge < -0.3 is 23.8 Å². The van der Waals surface area contributed by atoms with Crippen LogP contribution < -0.4 is 14.8 Å². The molecule has 2 heterocycles. The van der Waals surface area contributed by atoms with Crippen molar-refractivity contribution in [3.05, 3.63) is 35.0 Å². The summed E-state index contributed by atoms with van der Waals surface area (Å²) in [6.07, 6.45) is 0. The van der Waals surface area contributed by atoms with Gasteiger partial charge in [0.2, 0.25) is 5.91 Å². The minimum atomic E-state index is -0.197. The third-order valence-corrected chi connectivity index (χ3v) is 5.09. The zero-order chi connectivity index (χ0) is 19.4. The molecule has 2 aromatic heterocycles. The molecule has 0 aliphatic carbocycles. The smallest absolute Gasteiger partial charge is 0.234 e. The number of hydrogen-bond acceptors (Lipinski definition) is 7. The molecule has 0 unspecified atom stereocenters. The SMILES string of the molecule is COc1ccc(OC)c(NC(=O)CSc2nnc(-c3ccc(Br)o3)n2C)c1. The van der Waals surface area contributed by atoms with E-state index in [1.165, 1.54) is 11.8 Å². The van der Waals surface area contributed by atoms with E-state index in [1.807, 2.05) is 7.05 Å². The predicted molar refractivity (Wildman–Crippen MR) is 105 cm³/mol. The molecule has 0 bridgehead atoms. The van der Waals surface area contributed by atoms with Gasteiger partial charge in [0.15, 0.2) is 21.4 Å². The summed E-state index contributed by atoms with van der Waals surface area (Å²) in [7, 11) is 4.92. The van der Waals surface area contributed by atoms with Crippen LogP contribution in [-0.2, 0) is 11.8 Å². The molecule has 0 atom stereocenters. The number of rotatable bonds is 7. The van der Waals surface area contributed by atoms with Gasteiger partial charge in [-0.05, 0) is 40.2 Å². The van der Waals surface area contributed by atoms with Crippen molar-refractivity contribution in [3.8, 4) is 23.1 Å². The fourth-order valence-corrected chi connectivity index (χ4v) is 3.34. The molecule has 0 aliphatic heterocycles. The predicted octanol–water partition coefficient (Wildman–Crippen LogP) is 3.59. The van der Waals surface area contributed by atoms with Crippen LogP contribution in [0.2, 0.25) is 0 Å². The molecule has 10 heteroatoms. The maximum Gasteiger partial charge on any atom is 0.234 e. The Morgan fingerprint density at radius 2 is 2.07 bits per heavy atom. The Bertz CT molecular complexity index is 956. The van der Waals surface area contributed by atoms with E-state index in [9.17, 15) is 4.79 Å². The number of furan rings is 1. The van der Waals surface area contributed by atoms with Crippen LogP contribution in [0.15, 0.2) is 44.6 Å². The van der Waals surface area contributed by atoms with Crippen LogP contribution in [0.3, 0.4) is 0 Å². The number of carbonyl (C=O) groups is 1. The molecule has 0 aliphatic rings. The molecule has 1 amide bonds. The largest absolute Gasteiger partial charge is 0.497 e. The first-order valence-corrected chi connectivity index (χ1v) is 9.59. The van der Waals surface area contributed by atoms with Crippen molar-refractivity contribution in [1.82, 2.24) is 14.8 Å². The first-order valence-electron chi connectivity index (χ1n) is 7.81. The van der Waals surface area contributed by atoms with Gasteiger partial charge in [0, 0.05) is 13.1 Å². The van der Waals surface area contributed by atoms with Crippen molar-refractivity contribution in [2.45, 2.75) is 5.16 Å².